The van der Waals surface area contributed by atoms with Crippen LogP contribution in [0.15, 0.2) is 48.5 Å². The number of esters is 2. The average molecular weight is 396 g/mol. The third-order valence-corrected chi connectivity index (χ3v) is 4.75. The Hall–Kier alpha value is -3.28. The monoisotopic (exact) mass is 396 g/mol. The van der Waals surface area contributed by atoms with Gasteiger partial charge in [-0.25, -0.2) is 0 Å². The molecule has 0 amide bonds. The highest BCUT2D eigenvalue weighted by Crippen LogP contribution is 2.24. The minimum Gasteiger partial charge on any atom is -0.468 e. The topological polar surface area (TPSA) is 86.7 Å². The summed E-state index contributed by atoms with van der Waals surface area (Å²) in [5.74, 6) is -5.24. The number of carbonyl (C=O) groups is 4. The zero-order valence-electron chi connectivity index (χ0n) is 16.9. The Morgan fingerprint density at radius 2 is 0.966 bits per heavy atom. The van der Waals surface area contributed by atoms with Crippen molar-refractivity contribution in [3.8, 4) is 0 Å². The van der Waals surface area contributed by atoms with E-state index in [9.17, 15) is 19.2 Å². The predicted octanol–water partition coefficient (Wildman–Crippen LogP) is 3.34. The molecule has 0 aliphatic rings. The molecule has 0 radical (unpaired) electrons. The van der Waals surface area contributed by atoms with Crippen molar-refractivity contribution >= 4 is 23.5 Å². The molecule has 2 unspecified atom stereocenters. The van der Waals surface area contributed by atoms with Gasteiger partial charge in [0.05, 0.1) is 14.2 Å². The molecule has 2 aromatic rings. The van der Waals surface area contributed by atoms with Crippen LogP contribution in [0.2, 0.25) is 0 Å². The van der Waals surface area contributed by atoms with Crippen molar-refractivity contribution in [1.82, 2.24) is 0 Å². The number of benzene rings is 2. The third-order valence-electron chi connectivity index (χ3n) is 4.75. The van der Waals surface area contributed by atoms with Crippen LogP contribution in [0.1, 0.15) is 38.3 Å². The molecular formula is C23H24O6. The Morgan fingerprint density at radius 3 is 1.24 bits per heavy atom. The van der Waals surface area contributed by atoms with Gasteiger partial charge in [-0.15, -0.1) is 0 Å². The fraction of sp³-hybridized carbons (Fsp3) is 0.304. The predicted molar refractivity (Wildman–Crippen MR) is 107 cm³/mol. The zero-order valence-corrected chi connectivity index (χ0v) is 16.9. The number of ether oxygens (including phenoxy) is 2. The van der Waals surface area contributed by atoms with Crippen molar-refractivity contribution in [3.05, 3.63) is 70.8 Å². The highest BCUT2D eigenvalue weighted by molar-refractivity contribution is 6.12. The largest absolute Gasteiger partial charge is 0.468 e. The van der Waals surface area contributed by atoms with Crippen LogP contribution in [0.5, 0.6) is 0 Å². The standard InChI is InChI=1S/C23H24O6/c1-14-5-9-16(10-6-14)20(24)18(22(26)28-3)13-19(23(27)29-4)21(25)17-11-7-15(2)8-12-17/h5-12,18-19H,13H2,1-4H3. The second kappa shape index (κ2) is 9.78. The maximum atomic E-state index is 12.9. The van der Waals surface area contributed by atoms with E-state index in [0.717, 1.165) is 25.3 Å². The fourth-order valence-electron chi connectivity index (χ4n) is 2.98. The summed E-state index contributed by atoms with van der Waals surface area (Å²) in [4.78, 5) is 50.6. The van der Waals surface area contributed by atoms with Crippen molar-refractivity contribution in [1.29, 1.82) is 0 Å². The molecule has 2 aromatic carbocycles. The number of hydrogen-bond acceptors (Lipinski definition) is 6. The molecule has 0 fully saturated rings. The molecule has 0 saturated carbocycles. The second-order valence-corrected chi connectivity index (χ2v) is 6.85. The zero-order chi connectivity index (χ0) is 21.6. The number of methoxy groups -OCH3 is 2. The van der Waals surface area contributed by atoms with Crippen LogP contribution in [0.25, 0.3) is 0 Å². The molecule has 0 saturated heterocycles. The molecule has 6 heteroatoms. The van der Waals surface area contributed by atoms with Crippen LogP contribution >= 0.6 is 0 Å². The van der Waals surface area contributed by atoms with E-state index >= 15 is 0 Å². The Bertz CT molecular complexity index is 820. The first kappa shape index (κ1) is 22.0. The summed E-state index contributed by atoms with van der Waals surface area (Å²) in [6.07, 6.45) is -0.335. The number of hydrogen-bond donors (Lipinski definition) is 0. The molecule has 29 heavy (non-hydrogen) atoms. The first-order valence-electron chi connectivity index (χ1n) is 9.16. The Balaban J connectivity index is 2.37. The summed E-state index contributed by atoms with van der Waals surface area (Å²) < 4.78 is 9.54. The molecule has 0 aromatic heterocycles. The molecule has 0 aliphatic heterocycles. The summed E-state index contributed by atoms with van der Waals surface area (Å²) in [5.41, 5.74) is 2.52. The second-order valence-electron chi connectivity index (χ2n) is 6.85. The van der Waals surface area contributed by atoms with E-state index in [2.05, 4.69) is 0 Å². The lowest BCUT2D eigenvalue weighted by Crippen LogP contribution is -2.34. The van der Waals surface area contributed by atoms with E-state index in [1.165, 1.54) is 0 Å². The number of Topliss-reactive ketones (excluding diaryl/α,β-unsaturated/α-hetero) is 2. The van der Waals surface area contributed by atoms with E-state index in [4.69, 9.17) is 9.47 Å². The van der Waals surface area contributed by atoms with Gasteiger partial charge in [-0.1, -0.05) is 59.7 Å². The highest BCUT2D eigenvalue weighted by Gasteiger charge is 2.38. The Labute approximate surface area is 169 Å². The van der Waals surface area contributed by atoms with Gasteiger partial charge in [-0.05, 0) is 20.3 Å². The molecule has 0 spiro atoms. The molecule has 0 aliphatic carbocycles. The van der Waals surface area contributed by atoms with E-state index in [1.54, 1.807) is 48.5 Å². The normalized spacial score (nSPS) is 12.6. The van der Waals surface area contributed by atoms with Crippen molar-refractivity contribution in [3.63, 3.8) is 0 Å². The lowest BCUT2D eigenvalue weighted by atomic mass is 9.84. The lowest BCUT2D eigenvalue weighted by Gasteiger charge is -2.19. The summed E-state index contributed by atoms with van der Waals surface area (Å²) in [5, 5.41) is 0. The van der Waals surface area contributed by atoms with E-state index < -0.39 is 35.3 Å². The van der Waals surface area contributed by atoms with Gasteiger partial charge in [0, 0.05) is 11.1 Å². The number of aryl methyl sites for hydroxylation is 2. The van der Waals surface area contributed by atoms with Crippen molar-refractivity contribution < 1.29 is 28.7 Å². The van der Waals surface area contributed by atoms with Crippen LogP contribution in [0.4, 0.5) is 0 Å². The molecular weight excluding hydrogens is 372 g/mol. The van der Waals surface area contributed by atoms with Gasteiger partial charge in [0.15, 0.2) is 11.6 Å². The molecule has 0 heterocycles. The minimum atomic E-state index is -1.30. The van der Waals surface area contributed by atoms with Crippen LogP contribution in [-0.2, 0) is 19.1 Å². The molecule has 6 nitrogen and oxygen atoms in total. The van der Waals surface area contributed by atoms with Crippen molar-refractivity contribution in [2.24, 2.45) is 11.8 Å². The minimum absolute atomic E-state index is 0.303. The summed E-state index contributed by atoms with van der Waals surface area (Å²) >= 11 is 0. The van der Waals surface area contributed by atoms with Gasteiger partial charge < -0.3 is 9.47 Å². The number of ketones is 2. The van der Waals surface area contributed by atoms with E-state index in [1.807, 2.05) is 13.8 Å². The van der Waals surface area contributed by atoms with Crippen LogP contribution in [0.3, 0.4) is 0 Å². The Kier molecular flexibility index (Phi) is 7.42. The van der Waals surface area contributed by atoms with Gasteiger partial charge in [0.2, 0.25) is 0 Å². The van der Waals surface area contributed by atoms with Gasteiger partial charge in [-0.2, -0.15) is 0 Å². The first-order valence-corrected chi connectivity index (χ1v) is 9.16. The van der Waals surface area contributed by atoms with Crippen LogP contribution in [-0.4, -0.2) is 37.7 Å². The maximum Gasteiger partial charge on any atom is 0.316 e. The SMILES string of the molecule is COC(=O)C(CC(C(=O)OC)C(=O)c1ccc(C)cc1)C(=O)c1ccc(C)cc1. The molecule has 2 atom stereocenters. The average Bonchev–Trinajstić information content (AvgIpc) is 2.73. The molecule has 2 rings (SSSR count). The van der Waals surface area contributed by atoms with E-state index in [0.29, 0.717) is 11.1 Å². The molecule has 0 bridgehead atoms. The lowest BCUT2D eigenvalue weighted by molar-refractivity contribution is -0.146. The van der Waals surface area contributed by atoms with Gasteiger partial charge >= 0.3 is 11.9 Å². The molecule has 152 valence electrons. The van der Waals surface area contributed by atoms with Crippen molar-refractivity contribution in [2.75, 3.05) is 14.2 Å². The summed E-state index contributed by atoms with van der Waals surface area (Å²) in [6, 6.07) is 13.4. The third kappa shape index (κ3) is 5.38. The summed E-state index contributed by atoms with van der Waals surface area (Å²) in [7, 11) is 2.32. The Morgan fingerprint density at radius 1 is 0.655 bits per heavy atom. The quantitative estimate of drug-likeness (QED) is 0.386. The van der Waals surface area contributed by atoms with Gasteiger partial charge in [0.25, 0.3) is 0 Å². The first-order chi connectivity index (χ1) is 13.8. The fourth-order valence-corrected chi connectivity index (χ4v) is 2.98. The van der Waals surface area contributed by atoms with Gasteiger partial charge in [0.1, 0.15) is 11.8 Å². The number of carbonyl (C=O) groups excluding carboxylic acids is 4. The van der Waals surface area contributed by atoms with Crippen LogP contribution in [0, 0.1) is 25.7 Å². The maximum absolute atomic E-state index is 12.9. The van der Waals surface area contributed by atoms with Crippen LogP contribution < -0.4 is 0 Å². The smallest absolute Gasteiger partial charge is 0.316 e. The highest BCUT2D eigenvalue weighted by atomic mass is 16.5. The van der Waals surface area contributed by atoms with Gasteiger partial charge in [-0.3, -0.25) is 19.2 Å². The molecule has 0 N–H and O–H groups in total. The summed E-state index contributed by atoms with van der Waals surface area (Å²) in [6.45, 7) is 3.75. The van der Waals surface area contributed by atoms with E-state index in [-0.39, 0.29) is 6.42 Å². The van der Waals surface area contributed by atoms with Crippen molar-refractivity contribution in [2.45, 2.75) is 20.3 Å². The number of rotatable bonds is 8.